The predicted octanol–water partition coefficient (Wildman–Crippen LogP) is 0.702. The number of hydrogen-bond donors (Lipinski definition) is 1. The highest BCUT2D eigenvalue weighted by Crippen LogP contribution is 2.16. The first-order valence-electron chi connectivity index (χ1n) is 3.74. The summed E-state index contributed by atoms with van der Waals surface area (Å²) in [4.78, 5) is 24.4. The summed E-state index contributed by atoms with van der Waals surface area (Å²) in [5, 5.41) is 8.63. The third-order valence-corrected chi connectivity index (χ3v) is 1.50. The van der Waals surface area contributed by atoms with Crippen LogP contribution in [-0.4, -0.2) is 29.2 Å². The molecule has 13 heavy (non-hydrogen) atoms. The number of nitrogens with zero attached hydrogens (tertiary/aromatic N) is 1. The van der Waals surface area contributed by atoms with E-state index in [-0.39, 0.29) is 6.61 Å². The predicted molar refractivity (Wildman–Crippen MR) is 43.9 cm³/mol. The van der Waals surface area contributed by atoms with Gasteiger partial charge in [-0.2, -0.15) is 0 Å². The van der Waals surface area contributed by atoms with Gasteiger partial charge in [-0.25, -0.2) is 11.4 Å². The smallest absolute Gasteiger partial charge is 0.391 e. The minimum absolute atomic E-state index is 0.187. The van der Waals surface area contributed by atoms with E-state index in [9.17, 15) is 9.59 Å². The average Bonchev–Trinajstić information content (AvgIpc) is 2.04. The molecular weight excluding hydrogens is 174 g/mol. The summed E-state index contributed by atoms with van der Waals surface area (Å²) in [6.07, 6.45) is -0.417. The van der Waals surface area contributed by atoms with E-state index in [1.165, 1.54) is 6.92 Å². The molecule has 0 aromatic rings. The molecule has 0 rings (SSSR count). The Bertz CT molecular complexity index is 255. The summed E-state index contributed by atoms with van der Waals surface area (Å²) in [5.74, 6) is -1.97. The molecule has 0 aromatic heterocycles. The molecule has 0 aromatic carbocycles. The number of ether oxygens (including phenoxy) is 1. The molecule has 72 valence electrons. The van der Waals surface area contributed by atoms with Crippen LogP contribution >= 0.6 is 0 Å². The molecule has 5 nitrogen and oxygen atoms in total. The first kappa shape index (κ1) is 11.4. The van der Waals surface area contributed by atoms with Crippen molar-refractivity contribution in [1.29, 1.82) is 0 Å². The van der Waals surface area contributed by atoms with Gasteiger partial charge in [0.25, 0.3) is 0 Å². The first-order valence-corrected chi connectivity index (χ1v) is 3.74. The molecule has 0 fully saturated rings. The summed E-state index contributed by atoms with van der Waals surface area (Å²) in [6, 6.07) is 0. The lowest BCUT2D eigenvalue weighted by Gasteiger charge is -2.10. The van der Waals surface area contributed by atoms with Crippen molar-refractivity contribution in [2.75, 3.05) is 6.61 Å². The third-order valence-electron chi connectivity index (χ3n) is 1.50. The van der Waals surface area contributed by atoms with E-state index in [4.69, 9.17) is 11.7 Å². The van der Waals surface area contributed by atoms with Crippen molar-refractivity contribution in [2.24, 2.45) is 0 Å². The standard InChI is InChI=1S/C8H11NO4/c1-4-13-6(10)5-8(2,9-3)7(11)12/h4-5H2,1-2H3,(H,11,12). The van der Waals surface area contributed by atoms with Crippen LogP contribution in [0.25, 0.3) is 4.85 Å². The molecule has 0 amide bonds. The van der Waals surface area contributed by atoms with E-state index >= 15 is 0 Å². The maximum absolute atomic E-state index is 10.9. The molecule has 0 spiro atoms. The second-order valence-electron chi connectivity index (χ2n) is 2.67. The minimum atomic E-state index is -1.70. The molecule has 0 saturated carbocycles. The van der Waals surface area contributed by atoms with Crippen LogP contribution in [-0.2, 0) is 14.3 Å². The van der Waals surface area contributed by atoms with Crippen LogP contribution in [0.5, 0.6) is 0 Å². The Morgan fingerprint density at radius 1 is 1.62 bits per heavy atom. The SMILES string of the molecule is [C-]#[N+]C(C)(CC(=O)OCC)C(=O)O. The van der Waals surface area contributed by atoms with E-state index in [0.717, 1.165) is 0 Å². The van der Waals surface area contributed by atoms with Crippen LogP contribution in [0.15, 0.2) is 0 Å². The van der Waals surface area contributed by atoms with Crippen LogP contribution < -0.4 is 0 Å². The maximum atomic E-state index is 10.9. The molecule has 1 atom stereocenters. The number of carbonyl (C=O) groups excluding carboxylic acids is 1. The number of rotatable bonds is 4. The molecule has 1 unspecified atom stereocenters. The Kier molecular flexibility index (Phi) is 3.92. The second kappa shape index (κ2) is 4.45. The van der Waals surface area contributed by atoms with Crippen molar-refractivity contribution >= 4 is 11.9 Å². The van der Waals surface area contributed by atoms with E-state index in [2.05, 4.69) is 9.58 Å². The normalized spacial score (nSPS) is 13.9. The van der Waals surface area contributed by atoms with Crippen LogP contribution in [0.1, 0.15) is 20.3 Å². The second-order valence-corrected chi connectivity index (χ2v) is 2.67. The lowest BCUT2D eigenvalue weighted by molar-refractivity contribution is -0.150. The van der Waals surface area contributed by atoms with Gasteiger partial charge in [0.2, 0.25) is 0 Å². The molecule has 0 radical (unpaired) electrons. The number of carboxylic acid groups (broad SMARTS) is 1. The zero-order valence-corrected chi connectivity index (χ0v) is 7.53. The third kappa shape index (κ3) is 3.11. The van der Waals surface area contributed by atoms with Crippen molar-refractivity contribution in [3.05, 3.63) is 11.4 Å². The highest BCUT2D eigenvalue weighted by molar-refractivity contribution is 5.87. The van der Waals surface area contributed by atoms with Crippen LogP contribution in [0.4, 0.5) is 0 Å². The van der Waals surface area contributed by atoms with Gasteiger partial charge in [-0.05, 0) is 6.92 Å². The molecule has 5 heteroatoms. The number of carbonyl (C=O) groups is 2. The Balaban J connectivity index is 4.39. The number of carboxylic acids is 1. The van der Waals surface area contributed by atoms with Gasteiger partial charge >= 0.3 is 17.5 Å². The maximum Gasteiger partial charge on any atom is 0.391 e. The Morgan fingerprint density at radius 3 is 2.46 bits per heavy atom. The van der Waals surface area contributed by atoms with Gasteiger partial charge in [-0.1, -0.05) is 0 Å². The van der Waals surface area contributed by atoms with E-state index in [1.54, 1.807) is 6.92 Å². The average molecular weight is 185 g/mol. The lowest BCUT2D eigenvalue weighted by atomic mass is 10.00. The number of hydrogen-bond acceptors (Lipinski definition) is 3. The summed E-state index contributed by atoms with van der Waals surface area (Å²) >= 11 is 0. The monoisotopic (exact) mass is 185 g/mol. The molecule has 0 bridgehead atoms. The molecular formula is C8H11NO4. The minimum Gasteiger partial charge on any atom is -0.475 e. The summed E-state index contributed by atoms with van der Waals surface area (Å²) in [7, 11) is 0. The van der Waals surface area contributed by atoms with Gasteiger partial charge < -0.3 is 9.84 Å². The topological polar surface area (TPSA) is 68.0 Å². The fourth-order valence-electron chi connectivity index (χ4n) is 0.656. The summed E-state index contributed by atoms with van der Waals surface area (Å²) < 4.78 is 4.54. The quantitative estimate of drug-likeness (QED) is 0.517. The van der Waals surface area contributed by atoms with Gasteiger partial charge in [0.1, 0.15) is 6.42 Å². The van der Waals surface area contributed by atoms with Gasteiger partial charge in [0, 0.05) is 6.92 Å². The molecule has 0 aliphatic heterocycles. The van der Waals surface area contributed by atoms with Gasteiger partial charge in [0.15, 0.2) is 0 Å². The lowest BCUT2D eigenvalue weighted by Crippen LogP contribution is -2.34. The molecule has 1 N–H and O–H groups in total. The van der Waals surface area contributed by atoms with Crippen LogP contribution in [0.3, 0.4) is 0 Å². The summed E-state index contributed by atoms with van der Waals surface area (Å²) in [5.41, 5.74) is -1.70. The highest BCUT2D eigenvalue weighted by Gasteiger charge is 2.43. The van der Waals surface area contributed by atoms with Crippen molar-refractivity contribution < 1.29 is 19.4 Å². The van der Waals surface area contributed by atoms with Crippen molar-refractivity contribution in [2.45, 2.75) is 25.8 Å². The fraction of sp³-hybridized carbons (Fsp3) is 0.625. The highest BCUT2D eigenvalue weighted by atomic mass is 16.5. The van der Waals surface area contributed by atoms with Crippen LogP contribution in [0, 0.1) is 6.57 Å². The fourth-order valence-corrected chi connectivity index (χ4v) is 0.656. The van der Waals surface area contributed by atoms with E-state index < -0.39 is 23.9 Å². The molecule has 0 saturated heterocycles. The van der Waals surface area contributed by atoms with Crippen LogP contribution in [0.2, 0.25) is 0 Å². The largest absolute Gasteiger partial charge is 0.475 e. The van der Waals surface area contributed by atoms with E-state index in [0.29, 0.717) is 0 Å². The van der Waals surface area contributed by atoms with Crippen molar-refractivity contribution in [3.8, 4) is 0 Å². The molecule has 0 heterocycles. The van der Waals surface area contributed by atoms with Crippen molar-refractivity contribution in [3.63, 3.8) is 0 Å². The first-order chi connectivity index (χ1) is 5.96. The molecule has 0 aliphatic carbocycles. The Hall–Kier alpha value is -1.57. The Morgan fingerprint density at radius 2 is 2.15 bits per heavy atom. The summed E-state index contributed by atoms with van der Waals surface area (Å²) in [6.45, 7) is 9.65. The Labute approximate surface area is 76.1 Å². The van der Waals surface area contributed by atoms with Gasteiger partial charge in [0.05, 0.1) is 6.61 Å². The number of esters is 1. The zero-order chi connectivity index (χ0) is 10.5. The van der Waals surface area contributed by atoms with E-state index in [1.807, 2.05) is 0 Å². The van der Waals surface area contributed by atoms with Gasteiger partial charge in [-0.15, -0.1) is 0 Å². The van der Waals surface area contributed by atoms with Crippen molar-refractivity contribution in [1.82, 2.24) is 0 Å². The number of aliphatic carboxylic acids is 1. The molecule has 0 aliphatic rings. The van der Waals surface area contributed by atoms with Gasteiger partial charge in [-0.3, -0.25) is 9.64 Å². The zero-order valence-electron chi connectivity index (χ0n) is 7.53.